The fraction of sp³-hybridized carbons (Fsp3) is 0.385. The van der Waals surface area contributed by atoms with Crippen molar-refractivity contribution in [2.45, 2.75) is 32.5 Å². The molecular formula is C13H14F2N2O2. The maximum absolute atomic E-state index is 13.6. The topological polar surface area (TPSA) is 49.4 Å². The first-order valence-corrected chi connectivity index (χ1v) is 5.95. The van der Waals surface area contributed by atoms with Crippen LogP contribution in [0.1, 0.15) is 19.4 Å². The number of amides is 2. The Balaban J connectivity index is 2.28. The smallest absolute Gasteiger partial charge is 0.245 e. The van der Waals surface area contributed by atoms with Gasteiger partial charge in [-0.1, -0.05) is 12.1 Å². The molecule has 4 nitrogen and oxygen atoms in total. The van der Waals surface area contributed by atoms with Crippen LogP contribution in [0.2, 0.25) is 0 Å². The number of nitrogens with zero attached hydrogens (tertiary/aromatic N) is 1. The molecule has 1 aliphatic rings. The molecule has 0 bridgehead atoms. The Labute approximate surface area is 109 Å². The van der Waals surface area contributed by atoms with E-state index in [0.29, 0.717) is 0 Å². The van der Waals surface area contributed by atoms with Crippen molar-refractivity contribution in [3.63, 3.8) is 0 Å². The summed E-state index contributed by atoms with van der Waals surface area (Å²) in [5.74, 6) is -2.56. The molecule has 0 aliphatic carbocycles. The molecule has 1 saturated heterocycles. The second-order valence-electron chi connectivity index (χ2n) is 4.59. The molecule has 0 aromatic heterocycles. The van der Waals surface area contributed by atoms with E-state index in [-0.39, 0.29) is 23.9 Å². The van der Waals surface area contributed by atoms with Crippen molar-refractivity contribution < 1.29 is 18.4 Å². The van der Waals surface area contributed by atoms with Crippen molar-refractivity contribution in [2.24, 2.45) is 0 Å². The van der Waals surface area contributed by atoms with Crippen LogP contribution in [0.15, 0.2) is 18.2 Å². The maximum Gasteiger partial charge on any atom is 0.245 e. The van der Waals surface area contributed by atoms with Crippen molar-refractivity contribution in [1.82, 2.24) is 10.2 Å². The third kappa shape index (κ3) is 2.43. The summed E-state index contributed by atoms with van der Waals surface area (Å²) < 4.78 is 26.7. The number of nitrogens with one attached hydrogen (secondary N) is 1. The predicted molar refractivity (Wildman–Crippen MR) is 64.0 cm³/mol. The Morgan fingerprint density at radius 2 is 1.95 bits per heavy atom. The van der Waals surface area contributed by atoms with Gasteiger partial charge in [0.2, 0.25) is 11.8 Å². The van der Waals surface area contributed by atoms with Gasteiger partial charge in [0.15, 0.2) is 11.6 Å². The van der Waals surface area contributed by atoms with Crippen LogP contribution < -0.4 is 5.32 Å². The van der Waals surface area contributed by atoms with Crippen LogP contribution in [-0.2, 0) is 16.1 Å². The Hall–Kier alpha value is -1.98. The van der Waals surface area contributed by atoms with Crippen LogP contribution in [0, 0.1) is 11.6 Å². The van der Waals surface area contributed by atoms with Crippen molar-refractivity contribution in [3.8, 4) is 0 Å². The molecule has 2 unspecified atom stereocenters. The highest BCUT2D eigenvalue weighted by atomic mass is 19.2. The van der Waals surface area contributed by atoms with E-state index in [1.54, 1.807) is 13.8 Å². The van der Waals surface area contributed by atoms with Gasteiger partial charge in [-0.25, -0.2) is 8.78 Å². The van der Waals surface area contributed by atoms with Gasteiger partial charge in [-0.2, -0.15) is 0 Å². The first-order chi connectivity index (χ1) is 8.91. The zero-order chi connectivity index (χ0) is 14.2. The maximum atomic E-state index is 13.6. The van der Waals surface area contributed by atoms with Gasteiger partial charge in [0.25, 0.3) is 0 Å². The highest BCUT2D eigenvalue weighted by Gasteiger charge is 2.36. The molecule has 6 heteroatoms. The van der Waals surface area contributed by atoms with Crippen LogP contribution in [0.3, 0.4) is 0 Å². The molecule has 102 valence electrons. The summed E-state index contributed by atoms with van der Waals surface area (Å²) in [6.45, 7) is 2.98. The van der Waals surface area contributed by atoms with Gasteiger partial charge >= 0.3 is 0 Å². The standard InChI is InChI=1S/C13H14F2N2O2/c1-7-13(19)17(8(2)12(18)16-7)6-9-4-3-5-10(14)11(9)15/h3-5,7-8H,6H2,1-2H3,(H,16,18). The van der Waals surface area contributed by atoms with Gasteiger partial charge in [-0.15, -0.1) is 0 Å². The zero-order valence-electron chi connectivity index (χ0n) is 10.6. The van der Waals surface area contributed by atoms with Gasteiger partial charge in [-0.3, -0.25) is 9.59 Å². The lowest BCUT2D eigenvalue weighted by atomic mass is 10.1. The van der Waals surface area contributed by atoms with Gasteiger partial charge in [0, 0.05) is 12.1 Å². The number of hydrogen-bond donors (Lipinski definition) is 1. The second kappa shape index (κ2) is 4.95. The Morgan fingerprint density at radius 3 is 2.63 bits per heavy atom. The predicted octanol–water partition coefficient (Wildman–Crippen LogP) is 1.20. The average molecular weight is 268 g/mol. The SMILES string of the molecule is CC1NC(=O)C(C)N(Cc2cccc(F)c2F)C1=O. The molecule has 1 N–H and O–H groups in total. The Kier molecular flexibility index (Phi) is 3.50. The molecule has 1 aromatic rings. The number of benzene rings is 1. The molecule has 1 aromatic carbocycles. The minimum absolute atomic E-state index is 0.0575. The molecule has 1 aliphatic heterocycles. The fourth-order valence-electron chi connectivity index (χ4n) is 2.05. The van der Waals surface area contributed by atoms with E-state index in [0.717, 1.165) is 6.07 Å². The minimum atomic E-state index is -0.985. The number of hydrogen-bond acceptors (Lipinski definition) is 2. The first kappa shape index (κ1) is 13.5. The third-order valence-electron chi connectivity index (χ3n) is 3.23. The molecule has 0 spiro atoms. The lowest BCUT2D eigenvalue weighted by molar-refractivity contribution is -0.148. The Bertz CT molecular complexity index is 533. The molecular weight excluding hydrogens is 254 g/mol. The highest BCUT2D eigenvalue weighted by Crippen LogP contribution is 2.18. The molecule has 19 heavy (non-hydrogen) atoms. The van der Waals surface area contributed by atoms with Crippen LogP contribution >= 0.6 is 0 Å². The molecule has 2 rings (SSSR count). The van der Waals surface area contributed by atoms with Gasteiger partial charge in [0.1, 0.15) is 12.1 Å². The van der Waals surface area contributed by atoms with E-state index < -0.39 is 23.7 Å². The van der Waals surface area contributed by atoms with Crippen molar-refractivity contribution in [3.05, 3.63) is 35.4 Å². The van der Waals surface area contributed by atoms with Crippen LogP contribution in [-0.4, -0.2) is 28.8 Å². The summed E-state index contributed by atoms with van der Waals surface area (Å²) in [5, 5.41) is 2.52. The van der Waals surface area contributed by atoms with Gasteiger partial charge in [-0.05, 0) is 19.9 Å². The van der Waals surface area contributed by atoms with E-state index in [9.17, 15) is 18.4 Å². The molecule has 1 heterocycles. The molecule has 1 fully saturated rings. The molecule has 2 atom stereocenters. The van der Waals surface area contributed by atoms with Crippen molar-refractivity contribution >= 4 is 11.8 Å². The summed E-state index contributed by atoms with van der Waals surface area (Å²) >= 11 is 0. The quantitative estimate of drug-likeness (QED) is 0.876. The summed E-state index contributed by atoms with van der Waals surface area (Å²) in [4.78, 5) is 24.9. The molecule has 0 radical (unpaired) electrons. The van der Waals surface area contributed by atoms with Gasteiger partial charge < -0.3 is 10.2 Å². The number of carbonyl (C=O) groups excluding carboxylic acids is 2. The fourth-order valence-corrected chi connectivity index (χ4v) is 2.05. The first-order valence-electron chi connectivity index (χ1n) is 5.95. The van der Waals surface area contributed by atoms with Crippen LogP contribution in [0.4, 0.5) is 8.78 Å². The monoisotopic (exact) mass is 268 g/mol. The van der Waals surface area contributed by atoms with Crippen molar-refractivity contribution in [2.75, 3.05) is 0 Å². The normalized spacial score (nSPS) is 23.5. The lowest BCUT2D eigenvalue weighted by Gasteiger charge is -2.36. The van der Waals surface area contributed by atoms with E-state index >= 15 is 0 Å². The third-order valence-corrected chi connectivity index (χ3v) is 3.23. The van der Waals surface area contributed by atoms with Crippen LogP contribution in [0.5, 0.6) is 0 Å². The van der Waals surface area contributed by atoms with Crippen LogP contribution in [0.25, 0.3) is 0 Å². The zero-order valence-corrected chi connectivity index (χ0v) is 10.6. The summed E-state index contributed by atoms with van der Waals surface area (Å²) in [6.07, 6.45) is 0. The number of piperazine rings is 1. The lowest BCUT2D eigenvalue weighted by Crippen LogP contribution is -2.61. The average Bonchev–Trinajstić information content (AvgIpc) is 2.37. The Morgan fingerprint density at radius 1 is 1.26 bits per heavy atom. The van der Waals surface area contributed by atoms with E-state index in [4.69, 9.17) is 0 Å². The number of halogens is 2. The highest BCUT2D eigenvalue weighted by molar-refractivity contribution is 5.96. The number of carbonyl (C=O) groups is 2. The number of rotatable bonds is 2. The summed E-state index contributed by atoms with van der Waals surface area (Å²) in [7, 11) is 0. The minimum Gasteiger partial charge on any atom is -0.343 e. The largest absolute Gasteiger partial charge is 0.343 e. The molecule has 0 saturated carbocycles. The summed E-state index contributed by atoms with van der Waals surface area (Å²) in [5.41, 5.74) is 0.0575. The van der Waals surface area contributed by atoms with E-state index in [1.165, 1.54) is 17.0 Å². The van der Waals surface area contributed by atoms with E-state index in [2.05, 4.69) is 5.32 Å². The van der Waals surface area contributed by atoms with Gasteiger partial charge in [0.05, 0.1) is 0 Å². The summed E-state index contributed by atoms with van der Waals surface area (Å²) in [6, 6.07) is 2.42. The van der Waals surface area contributed by atoms with E-state index in [1.807, 2.05) is 0 Å². The molecule has 2 amide bonds. The second-order valence-corrected chi connectivity index (χ2v) is 4.59. The van der Waals surface area contributed by atoms with Crippen molar-refractivity contribution in [1.29, 1.82) is 0 Å².